The van der Waals surface area contributed by atoms with Crippen LogP contribution in [0.15, 0.2) is 36.0 Å². The maximum atomic E-state index is 12.5. The minimum absolute atomic E-state index is 0.0585. The second-order valence-corrected chi connectivity index (χ2v) is 6.91. The summed E-state index contributed by atoms with van der Waals surface area (Å²) in [6.07, 6.45) is 2.91. The van der Waals surface area contributed by atoms with E-state index in [0.717, 1.165) is 11.3 Å². The summed E-state index contributed by atoms with van der Waals surface area (Å²) in [4.78, 5) is 26.3. The van der Waals surface area contributed by atoms with Crippen LogP contribution in [0.1, 0.15) is 45.1 Å². The lowest BCUT2D eigenvalue weighted by Gasteiger charge is -2.30. The van der Waals surface area contributed by atoms with Crippen LogP contribution < -0.4 is 5.32 Å². The number of piperidine rings is 1. The maximum absolute atomic E-state index is 12.5. The summed E-state index contributed by atoms with van der Waals surface area (Å²) in [6, 6.07) is 9.59. The predicted octanol–water partition coefficient (Wildman–Crippen LogP) is 3.43. The Kier molecular flexibility index (Phi) is 7.42. The Balaban J connectivity index is 2.02. The number of nitrogens with zero attached hydrogens (tertiary/aromatic N) is 2. The number of esters is 1. The zero-order valence-electron chi connectivity index (χ0n) is 16.2. The van der Waals surface area contributed by atoms with Gasteiger partial charge in [0.15, 0.2) is 0 Å². The summed E-state index contributed by atoms with van der Waals surface area (Å²) in [6.45, 7) is 7.52. The molecule has 0 saturated carbocycles. The lowest BCUT2D eigenvalue weighted by Crippen LogP contribution is -2.34. The van der Waals surface area contributed by atoms with E-state index in [1.807, 2.05) is 35.2 Å². The molecule has 1 aromatic rings. The molecule has 0 aliphatic carbocycles. The Bertz CT molecular complexity index is 741. The van der Waals surface area contributed by atoms with Crippen molar-refractivity contribution in [2.75, 3.05) is 25.0 Å². The van der Waals surface area contributed by atoms with Gasteiger partial charge in [0.2, 0.25) is 0 Å². The van der Waals surface area contributed by atoms with E-state index in [-0.39, 0.29) is 23.4 Å². The van der Waals surface area contributed by atoms with Crippen LogP contribution >= 0.6 is 0 Å². The molecule has 1 saturated heterocycles. The van der Waals surface area contributed by atoms with Gasteiger partial charge in [-0.1, -0.05) is 32.0 Å². The molecular weight excluding hydrogens is 342 g/mol. The Morgan fingerprint density at radius 1 is 1.33 bits per heavy atom. The van der Waals surface area contributed by atoms with Gasteiger partial charge in [0, 0.05) is 25.0 Å². The van der Waals surface area contributed by atoms with E-state index in [4.69, 9.17) is 4.74 Å². The van der Waals surface area contributed by atoms with Crippen molar-refractivity contribution in [2.24, 2.45) is 5.92 Å². The van der Waals surface area contributed by atoms with Crippen LogP contribution in [-0.2, 0) is 14.3 Å². The van der Waals surface area contributed by atoms with Gasteiger partial charge in [-0.05, 0) is 37.3 Å². The fourth-order valence-electron chi connectivity index (χ4n) is 3.15. The molecule has 1 aliphatic heterocycles. The van der Waals surface area contributed by atoms with E-state index in [9.17, 15) is 14.9 Å². The third kappa shape index (κ3) is 5.58. The first-order valence-electron chi connectivity index (χ1n) is 9.39. The van der Waals surface area contributed by atoms with Crippen LogP contribution in [0.25, 0.3) is 0 Å². The van der Waals surface area contributed by atoms with Gasteiger partial charge < -0.3 is 15.0 Å². The number of carbonyl (C=O) groups is 2. The average Bonchev–Trinajstić information content (AvgIpc) is 2.67. The quantitative estimate of drug-likeness (QED) is 0.472. The first-order valence-corrected chi connectivity index (χ1v) is 9.39. The Morgan fingerprint density at radius 2 is 2.00 bits per heavy atom. The second-order valence-electron chi connectivity index (χ2n) is 6.91. The summed E-state index contributed by atoms with van der Waals surface area (Å²) in [5.41, 5.74) is 1.81. The Hall–Kier alpha value is -2.81. The Labute approximate surface area is 160 Å². The summed E-state index contributed by atoms with van der Waals surface area (Å²) < 4.78 is 5.06. The predicted molar refractivity (Wildman–Crippen MR) is 104 cm³/mol. The van der Waals surface area contributed by atoms with Crippen molar-refractivity contribution < 1.29 is 14.3 Å². The van der Waals surface area contributed by atoms with Crippen molar-refractivity contribution in [1.82, 2.24) is 4.90 Å². The maximum Gasteiger partial charge on any atom is 0.309 e. The highest BCUT2D eigenvalue weighted by Crippen LogP contribution is 2.24. The lowest BCUT2D eigenvalue weighted by molar-refractivity contribution is -0.149. The molecule has 0 radical (unpaired) electrons. The molecule has 0 bridgehead atoms. The van der Waals surface area contributed by atoms with Crippen LogP contribution in [0.2, 0.25) is 0 Å². The van der Waals surface area contributed by atoms with Crippen molar-refractivity contribution >= 4 is 17.6 Å². The molecule has 1 aliphatic rings. The number of hydrogen-bond acceptors (Lipinski definition) is 5. The molecule has 1 N–H and O–H groups in total. The Morgan fingerprint density at radius 3 is 2.59 bits per heavy atom. The lowest BCUT2D eigenvalue weighted by atomic mass is 9.97. The fraction of sp³-hybridized carbons (Fsp3) is 0.476. The van der Waals surface area contributed by atoms with Crippen LogP contribution in [0.5, 0.6) is 0 Å². The summed E-state index contributed by atoms with van der Waals surface area (Å²) in [7, 11) is 0. The number of ether oxygens (including phenoxy) is 1. The van der Waals surface area contributed by atoms with E-state index in [1.54, 1.807) is 13.1 Å². The van der Waals surface area contributed by atoms with Crippen molar-refractivity contribution in [1.29, 1.82) is 5.26 Å². The fourth-order valence-corrected chi connectivity index (χ4v) is 3.15. The monoisotopic (exact) mass is 369 g/mol. The van der Waals surface area contributed by atoms with Crippen LogP contribution in [0, 0.1) is 17.2 Å². The largest absolute Gasteiger partial charge is 0.466 e. The third-order valence-corrected chi connectivity index (χ3v) is 4.66. The number of anilines is 1. The van der Waals surface area contributed by atoms with Gasteiger partial charge >= 0.3 is 5.97 Å². The molecule has 0 unspecified atom stereocenters. The minimum atomic E-state index is -0.418. The molecule has 0 spiro atoms. The van der Waals surface area contributed by atoms with Crippen molar-refractivity contribution in [3.8, 4) is 6.07 Å². The number of benzene rings is 1. The highest BCUT2D eigenvalue weighted by molar-refractivity contribution is 6.06. The highest BCUT2D eigenvalue weighted by atomic mass is 16.5. The molecule has 0 atom stereocenters. The van der Waals surface area contributed by atoms with Gasteiger partial charge in [-0.25, -0.2) is 0 Å². The SMILES string of the molecule is CCOC(=O)C1CCN(/C=C(/C#N)C(=O)Nc2ccccc2C(C)C)CC1. The number of para-hydroxylation sites is 1. The molecule has 1 aromatic carbocycles. The van der Waals surface area contributed by atoms with Crippen LogP contribution in [-0.4, -0.2) is 36.5 Å². The summed E-state index contributed by atoms with van der Waals surface area (Å²) >= 11 is 0. The topological polar surface area (TPSA) is 82.4 Å². The van der Waals surface area contributed by atoms with Gasteiger partial charge in [0.05, 0.1) is 12.5 Å². The molecule has 0 aromatic heterocycles. The first-order chi connectivity index (χ1) is 13.0. The van der Waals surface area contributed by atoms with E-state index >= 15 is 0 Å². The molecule has 2 rings (SSSR count). The van der Waals surface area contributed by atoms with Crippen LogP contribution in [0.3, 0.4) is 0 Å². The third-order valence-electron chi connectivity index (χ3n) is 4.66. The molecule has 6 nitrogen and oxygen atoms in total. The van der Waals surface area contributed by atoms with Crippen molar-refractivity contribution in [3.05, 3.63) is 41.6 Å². The smallest absolute Gasteiger partial charge is 0.309 e. The minimum Gasteiger partial charge on any atom is -0.466 e. The number of carbonyl (C=O) groups excluding carboxylic acids is 2. The molecule has 1 fully saturated rings. The second kappa shape index (κ2) is 9.77. The average molecular weight is 369 g/mol. The zero-order valence-corrected chi connectivity index (χ0v) is 16.2. The van der Waals surface area contributed by atoms with Crippen molar-refractivity contribution in [2.45, 2.75) is 39.5 Å². The van der Waals surface area contributed by atoms with E-state index in [2.05, 4.69) is 19.2 Å². The number of likely N-dealkylation sites (tertiary alicyclic amines) is 1. The molecule has 144 valence electrons. The van der Waals surface area contributed by atoms with Gasteiger partial charge in [-0.3, -0.25) is 9.59 Å². The van der Waals surface area contributed by atoms with E-state index < -0.39 is 5.91 Å². The number of amides is 1. The molecular formula is C21H27N3O3. The van der Waals surface area contributed by atoms with Crippen molar-refractivity contribution in [3.63, 3.8) is 0 Å². The number of rotatable bonds is 6. The van der Waals surface area contributed by atoms with Gasteiger partial charge in [0.1, 0.15) is 11.6 Å². The first kappa shape index (κ1) is 20.5. The standard InChI is InChI=1S/C21H27N3O3/c1-4-27-21(26)16-9-11-24(12-10-16)14-17(13-22)20(25)23-19-8-6-5-7-18(19)15(2)3/h5-8,14-16H,4,9-12H2,1-3H3,(H,23,25)/b17-14-. The molecule has 27 heavy (non-hydrogen) atoms. The zero-order chi connectivity index (χ0) is 19.8. The number of hydrogen-bond donors (Lipinski definition) is 1. The molecule has 1 heterocycles. The molecule has 6 heteroatoms. The highest BCUT2D eigenvalue weighted by Gasteiger charge is 2.25. The van der Waals surface area contributed by atoms with Gasteiger partial charge in [-0.15, -0.1) is 0 Å². The number of nitriles is 1. The summed E-state index contributed by atoms with van der Waals surface area (Å²) in [5, 5.41) is 12.3. The number of nitrogens with one attached hydrogen (secondary N) is 1. The van der Waals surface area contributed by atoms with E-state index in [0.29, 0.717) is 32.5 Å². The summed E-state index contributed by atoms with van der Waals surface area (Å²) in [5.74, 6) is -0.424. The van der Waals surface area contributed by atoms with Gasteiger partial charge in [-0.2, -0.15) is 5.26 Å². The van der Waals surface area contributed by atoms with Crippen LogP contribution in [0.4, 0.5) is 5.69 Å². The normalized spacial score (nSPS) is 15.4. The van der Waals surface area contributed by atoms with E-state index in [1.165, 1.54) is 0 Å². The van der Waals surface area contributed by atoms with Gasteiger partial charge in [0.25, 0.3) is 5.91 Å². The molecule has 1 amide bonds.